The molecule has 9 nitrogen and oxygen atoms in total. The van der Waals surface area contributed by atoms with E-state index in [0.717, 1.165) is 42.6 Å². The van der Waals surface area contributed by atoms with E-state index in [-0.39, 0.29) is 18.5 Å². The molecule has 5 rings (SSSR count). The maximum Gasteiger partial charge on any atom is 0.325 e. The summed E-state index contributed by atoms with van der Waals surface area (Å²) in [6.45, 7) is 1.95. The number of hydrogen-bond acceptors (Lipinski definition) is 6. The summed E-state index contributed by atoms with van der Waals surface area (Å²) in [6, 6.07) is 5.22. The van der Waals surface area contributed by atoms with E-state index in [9.17, 15) is 9.59 Å². The lowest BCUT2D eigenvalue weighted by Crippen LogP contribution is -2.37. The van der Waals surface area contributed by atoms with Gasteiger partial charge in [-0.15, -0.1) is 0 Å². The third-order valence-electron chi connectivity index (χ3n) is 5.48. The fourth-order valence-electron chi connectivity index (χ4n) is 4.00. The van der Waals surface area contributed by atoms with Crippen molar-refractivity contribution in [3.8, 4) is 11.5 Å². The monoisotopic (exact) mass is 398 g/mol. The molecule has 0 bridgehead atoms. The van der Waals surface area contributed by atoms with Crippen molar-refractivity contribution in [1.29, 1.82) is 0 Å². The minimum absolute atomic E-state index is 0.0324. The largest absolute Gasteiger partial charge is 0.486 e. The maximum absolute atomic E-state index is 12.8. The van der Waals surface area contributed by atoms with Crippen LogP contribution in [0, 0.1) is 0 Å². The molecule has 0 saturated carbocycles. The molecule has 3 heterocycles. The van der Waals surface area contributed by atoms with Gasteiger partial charge in [0.15, 0.2) is 11.5 Å². The van der Waals surface area contributed by atoms with Crippen LogP contribution in [-0.2, 0) is 17.6 Å². The molecule has 0 atom stereocenters. The summed E-state index contributed by atoms with van der Waals surface area (Å²) in [4.78, 5) is 28.5. The van der Waals surface area contributed by atoms with Crippen LogP contribution in [0.1, 0.15) is 24.1 Å². The molecule has 0 radical (unpaired) electrons. The van der Waals surface area contributed by atoms with E-state index in [4.69, 9.17) is 14.0 Å². The van der Waals surface area contributed by atoms with Crippen LogP contribution in [0.25, 0.3) is 0 Å². The van der Waals surface area contributed by atoms with Crippen LogP contribution in [-0.4, -0.2) is 54.8 Å². The highest BCUT2D eigenvalue weighted by Gasteiger charge is 2.32. The Morgan fingerprint density at radius 1 is 1.10 bits per heavy atom. The van der Waals surface area contributed by atoms with E-state index in [1.165, 1.54) is 4.90 Å². The van der Waals surface area contributed by atoms with E-state index in [1.54, 1.807) is 17.0 Å². The second-order valence-corrected chi connectivity index (χ2v) is 7.38. The molecular formula is C20H22N4O5. The molecule has 1 aliphatic carbocycles. The molecule has 9 heteroatoms. The first-order valence-corrected chi connectivity index (χ1v) is 9.92. The van der Waals surface area contributed by atoms with Crippen molar-refractivity contribution in [2.45, 2.75) is 25.7 Å². The number of rotatable bonds is 4. The number of nitrogens with zero attached hydrogens (tertiary/aromatic N) is 3. The number of carbonyl (C=O) groups is 2. The molecule has 2 aromatic rings. The third-order valence-corrected chi connectivity index (χ3v) is 5.48. The van der Waals surface area contributed by atoms with Gasteiger partial charge < -0.3 is 18.9 Å². The van der Waals surface area contributed by atoms with Crippen molar-refractivity contribution < 1.29 is 23.6 Å². The van der Waals surface area contributed by atoms with Crippen LogP contribution in [0.3, 0.4) is 0 Å². The Labute approximate surface area is 167 Å². The van der Waals surface area contributed by atoms with Crippen molar-refractivity contribution in [3.63, 3.8) is 0 Å². The molecule has 1 aromatic heterocycles. The predicted octanol–water partition coefficient (Wildman–Crippen LogP) is 2.21. The van der Waals surface area contributed by atoms with Crippen LogP contribution in [0.4, 0.5) is 16.4 Å². The van der Waals surface area contributed by atoms with Gasteiger partial charge in [-0.05, 0) is 37.8 Å². The van der Waals surface area contributed by atoms with Gasteiger partial charge in [0.05, 0.1) is 5.69 Å². The van der Waals surface area contributed by atoms with Gasteiger partial charge >= 0.3 is 6.03 Å². The number of aryl methyl sites for hydroxylation is 1. The maximum atomic E-state index is 12.8. The normalized spacial score (nSPS) is 18.0. The van der Waals surface area contributed by atoms with Gasteiger partial charge in [-0.25, -0.2) is 4.79 Å². The fourth-order valence-corrected chi connectivity index (χ4v) is 4.00. The number of urea groups is 1. The van der Waals surface area contributed by atoms with Crippen LogP contribution in [0.5, 0.6) is 11.5 Å². The Morgan fingerprint density at radius 3 is 2.83 bits per heavy atom. The number of anilines is 2. The summed E-state index contributed by atoms with van der Waals surface area (Å²) in [5.74, 6) is 1.44. The lowest BCUT2D eigenvalue weighted by molar-refractivity contribution is -0.116. The van der Waals surface area contributed by atoms with Crippen molar-refractivity contribution >= 4 is 23.5 Å². The van der Waals surface area contributed by atoms with Crippen LogP contribution >= 0.6 is 0 Å². The molecule has 29 heavy (non-hydrogen) atoms. The zero-order valence-electron chi connectivity index (χ0n) is 16.0. The molecule has 1 saturated heterocycles. The van der Waals surface area contributed by atoms with E-state index in [0.29, 0.717) is 43.7 Å². The topological polar surface area (TPSA) is 97.1 Å². The average Bonchev–Trinajstić information content (AvgIpc) is 3.31. The number of ether oxygens (including phenoxy) is 2. The summed E-state index contributed by atoms with van der Waals surface area (Å²) in [5.41, 5.74) is 2.63. The first-order chi connectivity index (χ1) is 14.2. The minimum atomic E-state index is -0.285. The van der Waals surface area contributed by atoms with Gasteiger partial charge in [0.1, 0.15) is 19.8 Å². The van der Waals surface area contributed by atoms with Gasteiger partial charge in [0, 0.05) is 30.4 Å². The lowest BCUT2D eigenvalue weighted by atomic mass is 9.98. The second-order valence-electron chi connectivity index (χ2n) is 7.38. The van der Waals surface area contributed by atoms with Gasteiger partial charge in [0.25, 0.3) is 0 Å². The molecule has 0 unspecified atom stereocenters. The SMILES string of the molecule is O=C(CN1CCN(c2ccc3c(c2)OCCO3)C1=O)Nc1onc2c1CCCC2. The molecule has 3 amide bonds. The molecule has 2 aliphatic heterocycles. The summed E-state index contributed by atoms with van der Waals surface area (Å²) >= 11 is 0. The van der Waals surface area contributed by atoms with Gasteiger partial charge in [-0.3, -0.25) is 15.0 Å². The van der Waals surface area contributed by atoms with Gasteiger partial charge in [-0.2, -0.15) is 0 Å². The third kappa shape index (κ3) is 3.37. The molecular weight excluding hydrogens is 376 g/mol. The summed E-state index contributed by atoms with van der Waals surface area (Å²) < 4.78 is 16.4. The van der Waals surface area contributed by atoms with Gasteiger partial charge in [0.2, 0.25) is 11.8 Å². The lowest BCUT2D eigenvalue weighted by Gasteiger charge is -2.22. The molecule has 1 aromatic carbocycles. The van der Waals surface area contributed by atoms with Crippen LogP contribution < -0.4 is 19.7 Å². The van der Waals surface area contributed by atoms with Crippen molar-refractivity contribution in [2.24, 2.45) is 0 Å². The standard InChI is InChI=1S/C20H22N4O5/c25-18(21-19-14-3-1-2-4-15(14)22-29-19)12-23-7-8-24(20(23)26)13-5-6-16-17(11-13)28-10-9-27-16/h5-6,11H,1-4,7-10,12H2,(H,21,25). The Morgan fingerprint density at radius 2 is 1.93 bits per heavy atom. The highest BCUT2D eigenvalue weighted by Crippen LogP contribution is 2.35. The van der Waals surface area contributed by atoms with E-state index < -0.39 is 0 Å². The Bertz CT molecular complexity index is 956. The highest BCUT2D eigenvalue weighted by atomic mass is 16.6. The first kappa shape index (κ1) is 17.8. The predicted molar refractivity (Wildman–Crippen MR) is 104 cm³/mol. The summed E-state index contributed by atoms with van der Waals surface area (Å²) in [6.07, 6.45) is 3.88. The van der Waals surface area contributed by atoms with Crippen molar-refractivity contribution in [1.82, 2.24) is 10.1 Å². The number of nitrogens with one attached hydrogen (secondary N) is 1. The Balaban J connectivity index is 1.23. The fraction of sp³-hybridized carbons (Fsp3) is 0.450. The molecule has 0 spiro atoms. The number of benzene rings is 1. The van der Waals surface area contributed by atoms with Crippen LogP contribution in [0.2, 0.25) is 0 Å². The Kier molecular flexibility index (Phi) is 4.49. The van der Waals surface area contributed by atoms with Crippen molar-refractivity contribution in [2.75, 3.05) is 43.1 Å². The quantitative estimate of drug-likeness (QED) is 0.848. The first-order valence-electron chi connectivity index (χ1n) is 9.92. The number of fused-ring (bicyclic) bond motifs is 2. The summed E-state index contributed by atoms with van der Waals surface area (Å²) in [7, 11) is 0. The van der Waals surface area contributed by atoms with E-state index in [2.05, 4.69) is 10.5 Å². The minimum Gasteiger partial charge on any atom is -0.486 e. The van der Waals surface area contributed by atoms with Crippen molar-refractivity contribution in [3.05, 3.63) is 29.5 Å². The number of aromatic nitrogens is 1. The zero-order valence-corrected chi connectivity index (χ0v) is 16.0. The second kappa shape index (κ2) is 7.31. The van der Waals surface area contributed by atoms with E-state index >= 15 is 0 Å². The highest BCUT2D eigenvalue weighted by molar-refractivity contribution is 5.99. The molecule has 152 valence electrons. The molecule has 3 aliphatic rings. The zero-order chi connectivity index (χ0) is 19.8. The summed E-state index contributed by atoms with van der Waals surface area (Å²) in [5, 5.41) is 6.82. The smallest absolute Gasteiger partial charge is 0.325 e. The van der Waals surface area contributed by atoms with E-state index in [1.807, 2.05) is 6.07 Å². The van der Waals surface area contributed by atoms with Gasteiger partial charge in [-0.1, -0.05) is 5.16 Å². The average molecular weight is 398 g/mol. The Hall–Kier alpha value is -3.23. The number of carbonyl (C=O) groups excluding carboxylic acids is 2. The number of amides is 3. The molecule has 1 fully saturated rings. The van der Waals surface area contributed by atoms with Crippen LogP contribution in [0.15, 0.2) is 22.7 Å². The number of hydrogen-bond donors (Lipinski definition) is 1. The molecule has 1 N–H and O–H groups in total.